The minimum absolute atomic E-state index is 0.335. The standard InChI is InChI=1S/C16H36N4/c1-7-17-15(2)16(3,4)14-20-12-10-19(11-13-20)9-8-18(5)6/h15,17H,7-14H2,1-6H3. The van der Waals surface area contributed by atoms with Crippen molar-refractivity contribution >= 4 is 0 Å². The van der Waals surface area contributed by atoms with Crippen molar-refractivity contribution < 1.29 is 0 Å². The number of nitrogens with zero attached hydrogens (tertiary/aromatic N) is 3. The fraction of sp³-hybridized carbons (Fsp3) is 1.00. The molecule has 1 fully saturated rings. The van der Waals surface area contributed by atoms with Gasteiger partial charge in [0.25, 0.3) is 0 Å². The predicted molar refractivity (Wildman–Crippen MR) is 88.4 cm³/mol. The molecule has 1 rings (SSSR count). The van der Waals surface area contributed by atoms with Gasteiger partial charge in [-0.3, -0.25) is 4.90 Å². The molecule has 0 aromatic rings. The highest BCUT2D eigenvalue weighted by Gasteiger charge is 2.29. The van der Waals surface area contributed by atoms with Gasteiger partial charge in [0.15, 0.2) is 0 Å². The van der Waals surface area contributed by atoms with Crippen LogP contribution in [-0.4, -0.2) is 87.2 Å². The minimum atomic E-state index is 0.335. The number of hydrogen-bond donors (Lipinski definition) is 1. The molecule has 0 aliphatic carbocycles. The van der Waals surface area contributed by atoms with E-state index >= 15 is 0 Å². The van der Waals surface area contributed by atoms with Crippen molar-refractivity contribution in [3.05, 3.63) is 0 Å². The third-order valence-electron chi connectivity index (χ3n) is 4.64. The van der Waals surface area contributed by atoms with Gasteiger partial charge in [-0.1, -0.05) is 20.8 Å². The molecule has 1 atom stereocenters. The maximum absolute atomic E-state index is 3.57. The van der Waals surface area contributed by atoms with Crippen LogP contribution in [0, 0.1) is 5.41 Å². The molecule has 1 aliphatic rings. The van der Waals surface area contributed by atoms with E-state index in [4.69, 9.17) is 0 Å². The number of likely N-dealkylation sites (N-methyl/N-ethyl adjacent to an activating group) is 1. The van der Waals surface area contributed by atoms with Crippen LogP contribution in [0.5, 0.6) is 0 Å². The molecule has 1 heterocycles. The van der Waals surface area contributed by atoms with Crippen molar-refractivity contribution in [1.29, 1.82) is 0 Å². The van der Waals surface area contributed by atoms with Gasteiger partial charge in [-0.2, -0.15) is 0 Å². The zero-order valence-corrected chi connectivity index (χ0v) is 14.6. The quantitative estimate of drug-likeness (QED) is 0.723. The van der Waals surface area contributed by atoms with Gasteiger partial charge < -0.3 is 15.1 Å². The smallest absolute Gasteiger partial charge is 0.0110 e. The van der Waals surface area contributed by atoms with Crippen LogP contribution in [0.2, 0.25) is 0 Å². The van der Waals surface area contributed by atoms with Gasteiger partial charge >= 0.3 is 0 Å². The normalized spacial score (nSPS) is 20.6. The van der Waals surface area contributed by atoms with E-state index < -0.39 is 0 Å². The molecule has 0 aromatic carbocycles. The van der Waals surface area contributed by atoms with Crippen molar-refractivity contribution in [2.75, 3.05) is 66.5 Å². The minimum Gasteiger partial charge on any atom is -0.314 e. The van der Waals surface area contributed by atoms with Gasteiger partial charge in [-0.15, -0.1) is 0 Å². The second-order valence-corrected chi connectivity index (χ2v) is 7.19. The molecule has 4 heteroatoms. The molecule has 0 spiro atoms. The Morgan fingerprint density at radius 2 is 1.65 bits per heavy atom. The van der Waals surface area contributed by atoms with Gasteiger partial charge in [-0.25, -0.2) is 0 Å². The molecule has 1 unspecified atom stereocenters. The van der Waals surface area contributed by atoms with Crippen molar-refractivity contribution in [1.82, 2.24) is 20.0 Å². The van der Waals surface area contributed by atoms with Gasteiger partial charge in [0.1, 0.15) is 0 Å². The Labute approximate surface area is 126 Å². The van der Waals surface area contributed by atoms with Crippen molar-refractivity contribution in [2.24, 2.45) is 5.41 Å². The van der Waals surface area contributed by atoms with E-state index in [1.807, 2.05) is 0 Å². The lowest BCUT2D eigenvalue weighted by atomic mass is 9.84. The summed E-state index contributed by atoms with van der Waals surface area (Å²) in [6.45, 7) is 18.8. The van der Waals surface area contributed by atoms with Crippen LogP contribution in [0.25, 0.3) is 0 Å². The van der Waals surface area contributed by atoms with Crippen LogP contribution in [-0.2, 0) is 0 Å². The lowest BCUT2D eigenvalue weighted by molar-refractivity contribution is 0.0805. The maximum atomic E-state index is 3.57. The lowest BCUT2D eigenvalue weighted by Crippen LogP contribution is -2.53. The molecule has 0 amide bonds. The Bertz CT molecular complexity index is 257. The zero-order chi connectivity index (χ0) is 15.2. The van der Waals surface area contributed by atoms with E-state index in [-0.39, 0.29) is 0 Å². The van der Waals surface area contributed by atoms with E-state index in [2.05, 4.69) is 61.8 Å². The first-order chi connectivity index (χ1) is 9.35. The molecule has 0 aromatic heterocycles. The molecule has 0 radical (unpaired) electrons. The molecule has 0 bridgehead atoms. The monoisotopic (exact) mass is 284 g/mol. The highest BCUT2D eigenvalue weighted by Crippen LogP contribution is 2.22. The largest absolute Gasteiger partial charge is 0.314 e. The summed E-state index contributed by atoms with van der Waals surface area (Å²) in [5.41, 5.74) is 0.335. The fourth-order valence-corrected chi connectivity index (χ4v) is 2.81. The van der Waals surface area contributed by atoms with E-state index in [0.717, 1.165) is 6.54 Å². The second kappa shape index (κ2) is 8.32. The van der Waals surface area contributed by atoms with Crippen LogP contribution in [0.1, 0.15) is 27.7 Å². The summed E-state index contributed by atoms with van der Waals surface area (Å²) < 4.78 is 0. The van der Waals surface area contributed by atoms with Gasteiger partial charge in [0.2, 0.25) is 0 Å². The summed E-state index contributed by atoms with van der Waals surface area (Å²) in [4.78, 5) is 7.50. The SMILES string of the molecule is CCNC(C)C(C)(C)CN1CCN(CCN(C)C)CC1. The summed E-state index contributed by atoms with van der Waals surface area (Å²) >= 11 is 0. The van der Waals surface area contributed by atoms with Crippen LogP contribution >= 0.6 is 0 Å². The molecule has 120 valence electrons. The van der Waals surface area contributed by atoms with E-state index in [9.17, 15) is 0 Å². The summed E-state index contributed by atoms with van der Waals surface area (Å²) in [6, 6.07) is 0.569. The number of piperazine rings is 1. The van der Waals surface area contributed by atoms with Crippen LogP contribution in [0.4, 0.5) is 0 Å². The fourth-order valence-electron chi connectivity index (χ4n) is 2.81. The Morgan fingerprint density at radius 3 is 2.15 bits per heavy atom. The van der Waals surface area contributed by atoms with E-state index in [1.54, 1.807) is 0 Å². The Morgan fingerprint density at radius 1 is 1.10 bits per heavy atom. The number of nitrogens with one attached hydrogen (secondary N) is 1. The van der Waals surface area contributed by atoms with Crippen LogP contribution in [0.15, 0.2) is 0 Å². The second-order valence-electron chi connectivity index (χ2n) is 7.19. The molecule has 1 saturated heterocycles. The third-order valence-corrected chi connectivity index (χ3v) is 4.64. The molecule has 4 nitrogen and oxygen atoms in total. The van der Waals surface area contributed by atoms with E-state index in [0.29, 0.717) is 11.5 Å². The Hall–Kier alpha value is -0.160. The Balaban J connectivity index is 2.31. The molecule has 20 heavy (non-hydrogen) atoms. The van der Waals surface area contributed by atoms with Crippen LogP contribution in [0.3, 0.4) is 0 Å². The number of rotatable bonds is 8. The van der Waals surface area contributed by atoms with Gasteiger partial charge in [-0.05, 0) is 33.0 Å². The van der Waals surface area contributed by atoms with Crippen molar-refractivity contribution in [3.8, 4) is 0 Å². The predicted octanol–water partition coefficient (Wildman–Crippen LogP) is 1.19. The summed E-state index contributed by atoms with van der Waals surface area (Å²) in [5, 5.41) is 3.57. The number of hydrogen-bond acceptors (Lipinski definition) is 4. The van der Waals surface area contributed by atoms with Gasteiger partial charge in [0, 0.05) is 51.9 Å². The summed E-state index contributed by atoms with van der Waals surface area (Å²) in [6.07, 6.45) is 0. The highest BCUT2D eigenvalue weighted by atomic mass is 15.3. The molecule has 1 N–H and O–H groups in total. The molecule has 1 aliphatic heterocycles. The first-order valence-corrected chi connectivity index (χ1v) is 8.18. The van der Waals surface area contributed by atoms with Crippen LogP contribution < -0.4 is 5.32 Å². The average molecular weight is 284 g/mol. The zero-order valence-electron chi connectivity index (χ0n) is 14.6. The first-order valence-electron chi connectivity index (χ1n) is 8.18. The highest BCUT2D eigenvalue weighted by molar-refractivity contribution is 4.85. The van der Waals surface area contributed by atoms with E-state index in [1.165, 1.54) is 45.8 Å². The summed E-state index contributed by atoms with van der Waals surface area (Å²) in [7, 11) is 4.31. The summed E-state index contributed by atoms with van der Waals surface area (Å²) in [5.74, 6) is 0. The first kappa shape index (κ1) is 17.9. The van der Waals surface area contributed by atoms with Crippen molar-refractivity contribution in [2.45, 2.75) is 33.7 Å². The maximum Gasteiger partial charge on any atom is 0.0110 e. The molecular formula is C16H36N4. The Kier molecular flexibility index (Phi) is 7.45. The van der Waals surface area contributed by atoms with Crippen molar-refractivity contribution in [3.63, 3.8) is 0 Å². The average Bonchev–Trinajstić information content (AvgIpc) is 2.37. The third kappa shape index (κ3) is 6.08. The molecular weight excluding hydrogens is 248 g/mol. The topological polar surface area (TPSA) is 21.8 Å². The van der Waals surface area contributed by atoms with Gasteiger partial charge in [0.05, 0.1) is 0 Å². The lowest BCUT2D eigenvalue weighted by Gasteiger charge is -2.41. The molecule has 0 saturated carbocycles.